The van der Waals surface area contributed by atoms with Gasteiger partial charge >= 0.3 is 0 Å². The highest BCUT2D eigenvalue weighted by Gasteiger charge is 2.13. The van der Waals surface area contributed by atoms with Crippen LogP contribution in [0.3, 0.4) is 0 Å². The van der Waals surface area contributed by atoms with Gasteiger partial charge in [-0.15, -0.1) is 0 Å². The average molecular weight is 540 g/mol. The Morgan fingerprint density at radius 3 is 2.31 bits per heavy atom. The fourth-order valence-electron chi connectivity index (χ4n) is 3.23. The highest BCUT2D eigenvalue weighted by molar-refractivity contribution is 9.10. The first kappa shape index (κ1) is 25.9. The van der Waals surface area contributed by atoms with Crippen LogP contribution in [0.5, 0.6) is 11.5 Å². The van der Waals surface area contributed by atoms with Crippen molar-refractivity contribution in [3.8, 4) is 11.5 Å². The molecule has 3 aromatic carbocycles. The summed E-state index contributed by atoms with van der Waals surface area (Å²) in [5, 5.41) is 14.9. The molecule has 0 bridgehead atoms. The molecule has 0 radical (unpaired) electrons. The van der Waals surface area contributed by atoms with Gasteiger partial charge in [0.05, 0.1) is 28.6 Å². The number of non-ortho nitro benzene ring substituents is 1. The predicted octanol–water partition coefficient (Wildman–Crippen LogP) is 5.59. The zero-order chi connectivity index (χ0) is 25.2. The van der Waals surface area contributed by atoms with E-state index in [9.17, 15) is 14.9 Å². The molecule has 182 valence electrons. The Balaban J connectivity index is 1.64. The lowest BCUT2D eigenvalue weighted by molar-refractivity contribution is -0.384. The third kappa shape index (κ3) is 7.65. The maximum absolute atomic E-state index is 12.2. The lowest BCUT2D eigenvalue weighted by Gasteiger charge is -2.14. The quantitative estimate of drug-likeness (QED) is 0.194. The summed E-state index contributed by atoms with van der Waals surface area (Å²) in [6, 6.07) is 17.7. The molecule has 0 heterocycles. The van der Waals surface area contributed by atoms with Crippen LogP contribution < -0.4 is 14.9 Å². The number of nitro benzene ring substituents is 1. The molecule has 0 unspecified atom stereocenters. The Hall–Kier alpha value is -3.72. The third-order valence-electron chi connectivity index (χ3n) is 5.06. The molecule has 0 aromatic heterocycles. The molecular weight excluding hydrogens is 514 g/mol. The standard InChI is InChI=1S/C26H26BrN3O5/c1-3-18-5-7-19(8-6-18)15-25(31)29-28-16-21-13-23(27)26(24(14-21)34-4-2)35-17-20-9-11-22(12-10-20)30(32)33/h5-14,16H,3-4,15,17H2,1-2H3,(H,29,31)/b28-16+. The predicted molar refractivity (Wildman–Crippen MR) is 138 cm³/mol. The molecule has 3 aromatic rings. The van der Waals surface area contributed by atoms with Crippen molar-refractivity contribution >= 4 is 33.7 Å². The second kappa shape index (κ2) is 12.7. The monoisotopic (exact) mass is 539 g/mol. The van der Waals surface area contributed by atoms with Gasteiger partial charge < -0.3 is 9.47 Å². The van der Waals surface area contributed by atoms with E-state index in [1.54, 1.807) is 24.3 Å². The van der Waals surface area contributed by atoms with Crippen molar-refractivity contribution in [2.45, 2.75) is 33.3 Å². The molecule has 0 aliphatic heterocycles. The molecule has 0 aliphatic carbocycles. The minimum Gasteiger partial charge on any atom is -0.490 e. The Bertz CT molecular complexity index is 1190. The van der Waals surface area contributed by atoms with Gasteiger partial charge in [0.2, 0.25) is 5.91 Å². The number of carbonyl (C=O) groups excluding carboxylic acids is 1. The topological polar surface area (TPSA) is 103 Å². The summed E-state index contributed by atoms with van der Waals surface area (Å²) in [6.45, 7) is 4.58. The van der Waals surface area contributed by atoms with E-state index < -0.39 is 4.92 Å². The number of carbonyl (C=O) groups is 1. The highest BCUT2D eigenvalue weighted by Crippen LogP contribution is 2.37. The minimum absolute atomic E-state index is 0.0232. The van der Waals surface area contributed by atoms with Crippen LogP contribution in [0.25, 0.3) is 0 Å². The first-order valence-electron chi connectivity index (χ1n) is 11.1. The van der Waals surface area contributed by atoms with E-state index in [-0.39, 0.29) is 24.6 Å². The van der Waals surface area contributed by atoms with Crippen LogP contribution in [-0.2, 0) is 24.2 Å². The molecule has 35 heavy (non-hydrogen) atoms. The first-order valence-corrected chi connectivity index (χ1v) is 11.9. The van der Waals surface area contributed by atoms with Gasteiger partial charge in [-0.05, 0) is 75.8 Å². The van der Waals surface area contributed by atoms with Gasteiger partial charge in [0.15, 0.2) is 11.5 Å². The molecule has 0 saturated heterocycles. The van der Waals surface area contributed by atoms with Gasteiger partial charge in [-0.1, -0.05) is 31.2 Å². The number of nitrogens with zero attached hydrogens (tertiary/aromatic N) is 2. The van der Waals surface area contributed by atoms with Crippen molar-refractivity contribution in [3.05, 3.63) is 97.5 Å². The van der Waals surface area contributed by atoms with Crippen molar-refractivity contribution in [2.75, 3.05) is 6.61 Å². The number of nitro groups is 1. The average Bonchev–Trinajstić information content (AvgIpc) is 2.84. The Morgan fingerprint density at radius 2 is 1.69 bits per heavy atom. The second-order valence-corrected chi connectivity index (χ2v) is 8.47. The van der Waals surface area contributed by atoms with Gasteiger partial charge in [-0.2, -0.15) is 5.10 Å². The number of halogens is 1. The van der Waals surface area contributed by atoms with Crippen molar-refractivity contribution in [1.82, 2.24) is 5.43 Å². The lowest BCUT2D eigenvalue weighted by atomic mass is 10.1. The van der Waals surface area contributed by atoms with E-state index in [1.165, 1.54) is 23.9 Å². The van der Waals surface area contributed by atoms with Gasteiger partial charge in [-0.25, -0.2) is 5.43 Å². The van der Waals surface area contributed by atoms with Crippen LogP contribution in [0.1, 0.15) is 36.1 Å². The van der Waals surface area contributed by atoms with Crippen LogP contribution in [0.2, 0.25) is 0 Å². The summed E-state index contributed by atoms with van der Waals surface area (Å²) in [5.74, 6) is 0.798. The molecule has 3 rings (SSSR count). The van der Waals surface area contributed by atoms with E-state index in [0.29, 0.717) is 28.1 Å². The molecule has 0 aliphatic rings. The largest absolute Gasteiger partial charge is 0.490 e. The van der Waals surface area contributed by atoms with Crippen molar-refractivity contribution in [2.24, 2.45) is 5.10 Å². The highest BCUT2D eigenvalue weighted by atomic mass is 79.9. The summed E-state index contributed by atoms with van der Waals surface area (Å²) in [5.41, 5.74) is 6.20. The summed E-state index contributed by atoms with van der Waals surface area (Å²) >= 11 is 3.51. The normalized spacial score (nSPS) is 10.8. The van der Waals surface area contributed by atoms with Crippen molar-refractivity contribution in [1.29, 1.82) is 0 Å². The number of hydrogen-bond acceptors (Lipinski definition) is 6. The Kier molecular flexibility index (Phi) is 9.37. The molecule has 1 amide bonds. The zero-order valence-electron chi connectivity index (χ0n) is 19.5. The van der Waals surface area contributed by atoms with E-state index in [1.807, 2.05) is 31.2 Å². The second-order valence-electron chi connectivity index (χ2n) is 7.62. The Labute approximate surface area is 212 Å². The number of aryl methyl sites for hydroxylation is 1. The summed E-state index contributed by atoms with van der Waals surface area (Å²) in [6.07, 6.45) is 2.73. The summed E-state index contributed by atoms with van der Waals surface area (Å²) in [4.78, 5) is 22.6. The third-order valence-corrected chi connectivity index (χ3v) is 5.65. The smallest absolute Gasteiger partial charge is 0.269 e. The summed E-state index contributed by atoms with van der Waals surface area (Å²) < 4.78 is 12.3. The number of ether oxygens (including phenoxy) is 2. The van der Waals surface area contributed by atoms with E-state index in [0.717, 1.165) is 17.5 Å². The van der Waals surface area contributed by atoms with Crippen LogP contribution in [0.4, 0.5) is 5.69 Å². The van der Waals surface area contributed by atoms with Gasteiger partial charge in [0.1, 0.15) is 6.61 Å². The fourth-order valence-corrected chi connectivity index (χ4v) is 3.81. The van der Waals surface area contributed by atoms with Crippen LogP contribution >= 0.6 is 15.9 Å². The van der Waals surface area contributed by atoms with Crippen LogP contribution in [-0.4, -0.2) is 23.7 Å². The molecule has 0 atom stereocenters. The zero-order valence-corrected chi connectivity index (χ0v) is 21.1. The number of nitrogens with one attached hydrogen (secondary N) is 1. The molecular formula is C26H26BrN3O5. The number of benzene rings is 3. The number of hydrazone groups is 1. The number of rotatable bonds is 11. The van der Waals surface area contributed by atoms with E-state index >= 15 is 0 Å². The lowest BCUT2D eigenvalue weighted by Crippen LogP contribution is -2.19. The number of amides is 1. The molecule has 0 fully saturated rings. The van der Waals surface area contributed by atoms with Gasteiger partial charge in [0.25, 0.3) is 5.69 Å². The number of hydrogen-bond donors (Lipinski definition) is 1. The summed E-state index contributed by atoms with van der Waals surface area (Å²) in [7, 11) is 0. The van der Waals surface area contributed by atoms with Gasteiger partial charge in [-0.3, -0.25) is 14.9 Å². The minimum atomic E-state index is -0.444. The molecule has 1 N–H and O–H groups in total. The Morgan fingerprint density at radius 1 is 1.03 bits per heavy atom. The van der Waals surface area contributed by atoms with Crippen molar-refractivity contribution < 1.29 is 19.2 Å². The van der Waals surface area contributed by atoms with E-state index in [2.05, 4.69) is 33.4 Å². The van der Waals surface area contributed by atoms with Crippen molar-refractivity contribution in [3.63, 3.8) is 0 Å². The maximum Gasteiger partial charge on any atom is 0.269 e. The molecule has 0 saturated carbocycles. The molecule has 8 nitrogen and oxygen atoms in total. The fraction of sp³-hybridized carbons (Fsp3) is 0.231. The van der Waals surface area contributed by atoms with Gasteiger partial charge in [0, 0.05) is 12.1 Å². The first-order chi connectivity index (χ1) is 16.9. The molecule has 9 heteroatoms. The van der Waals surface area contributed by atoms with Crippen LogP contribution in [0, 0.1) is 10.1 Å². The maximum atomic E-state index is 12.2. The SMILES string of the molecule is CCOc1cc(/C=N/NC(=O)Cc2ccc(CC)cc2)cc(Br)c1OCc1ccc([N+](=O)[O-])cc1. The van der Waals surface area contributed by atoms with E-state index in [4.69, 9.17) is 9.47 Å². The molecule has 0 spiro atoms. The van der Waals surface area contributed by atoms with Crippen LogP contribution in [0.15, 0.2) is 70.2 Å².